The van der Waals surface area contributed by atoms with Crippen molar-refractivity contribution in [2.24, 2.45) is 0 Å². The molecule has 2 aromatic carbocycles. The molecule has 0 radical (unpaired) electrons. The molecule has 0 N–H and O–H groups in total. The molecule has 0 spiro atoms. The van der Waals surface area contributed by atoms with Crippen LogP contribution in [0.3, 0.4) is 0 Å². The van der Waals surface area contributed by atoms with Crippen LogP contribution in [0.25, 0.3) is 22.4 Å². The molecule has 4 heterocycles. The Bertz CT molecular complexity index is 1450. The maximum Gasteiger partial charge on any atom is 0.270 e. The van der Waals surface area contributed by atoms with Crippen molar-refractivity contribution >= 4 is 16.8 Å². The first kappa shape index (κ1) is 24.7. The SMILES string of the molecule is Cc1oc(-c2ccccc2)nc1CN1C[C@@H](C)n2c(cc3cc(OC4CCN(C(C)C)CC4)ccc32)C1=O. The van der Waals surface area contributed by atoms with E-state index in [1.165, 1.54) is 0 Å². The first-order valence-electron chi connectivity index (χ1n) is 13.7. The van der Waals surface area contributed by atoms with E-state index in [0.29, 0.717) is 30.7 Å². The van der Waals surface area contributed by atoms with Gasteiger partial charge in [-0.05, 0) is 76.9 Å². The second-order valence-corrected chi connectivity index (χ2v) is 11.0. The molecule has 6 rings (SSSR count). The van der Waals surface area contributed by atoms with Crippen LogP contribution in [0, 0.1) is 6.92 Å². The second-order valence-electron chi connectivity index (χ2n) is 11.0. The fourth-order valence-electron chi connectivity index (χ4n) is 5.87. The third-order valence-electron chi connectivity index (χ3n) is 8.01. The highest BCUT2D eigenvalue weighted by atomic mass is 16.5. The quantitative estimate of drug-likeness (QED) is 0.314. The van der Waals surface area contributed by atoms with Gasteiger partial charge in [0.05, 0.1) is 6.54 Å². The Morgan fingerprint density at radius 3 is 2.58 bits per heavy atom. The van der Waals surface area contributed by atoms with Gasteiger partial charge < -0.3 is 23.5 Å². The first-order chi connectivity index (χ1) is 18.4. The van der Waals surface area contributed by atoms with Crippen LogP contribution in [0.5, 0.6) is 5.75 Å². The maximum atomic E-state index is 13.6. The van der Waals surface area contributed by atoms with E-state index in [2.05, 4.69) is 48.4 Å². The van der Waals surface area contributed by atoms with Gasteiger partial charge in [0.1, 0.15) is 29.0 Å². The van der Waals surface area contributed by atoms with Gasteiger partial charge in [0.15, 0.2) is 0 Å². The Kier molecular flexibility index (Phi) is 6.48. The number of aromatic nitrogens is 2. The van der Waals surface area contributed by atoms with Crippen molar-refractivity contribution < 1.29 is 13.9 Å². The molecule has 1 amide bonds. The maximum absolute atomic E-state index is 13.6. The summed E-state index contributed by atoms with van der Waals surface area (Å²) in [5, 5.41) is 1.04. The highest BCUT2D eigenvalue weighted by Gasteiger charge is 2.32. The number of fused-ring (bicyclic) bond motifs is 3. The van der Waals surface area contributed by atoms with Crippen molar-refractivity contribution in [1.29, 1.82) is 0 Å². The van der Waals surface area contributed by atoms with Gasteiger partial charge >= 0.3 is 0 Å². The molecular weight excluding hydrogens is 476 g/mol. The number of likely N-dealkylation sites (tertiary alicyclic amines) is 1. The van der Waals surface area contributed by atoms with Crippen molar-refractivity contribution in [2.75, 3.05) is 19.6 Å². The highest BCUT2D eigenvalue weighted by molar-refractivity contribution is 6.00. The molecule has 2 aromatic heterocycles. The third-order valence-corrected chi connectivity index (χ3v) is 8.01. The van der Waals surface area contributed by atoms with Gasteiger partial charge in [-0.2, -0.15) is 0 Å². The Morgan fingerprint density at radius 2 is 1.84 bits per heavy atom. The number of nitrogens with zero attached hydrogens (tertiary/aromatic N) is 4. The van der Waals surface area contributed by atoms with Crippen molar-refractivity contribution in [3.05, 3.63) is 71.7 Å². The smallest absolute Gasteiger partial charge is 0.270 e. The number of carbonyl (C=O) groups excluding carboxylic acids is 1. The molecule has 0 aliphatic carbocycles. The Hall–Kier alpha value is -3.58. The Labute approximate surface area is 224 Å². The predicted molar refractivity (Wildman–Crippen MR) is 148 cm³/mol. The fourth-order valence-corrected chi connectivity index (χ4v) is 5.87. The lowest BCUT2D eigenvalue weighted by Crippen LogP contribution is -2.41. The normalized spacial score (nSPS) is 18.9. The number of carbonyl (C=O) groups is 1. The second kappa shape index (κ2) is 9.95. The summed E-state index contributed by atoms with van der Waals surface area (Å²) in [4.78, 5) is 22.7. The average molecular weight is 513 g/mol. The van der Waals surface area contributed by atoms with Crippen LogP contribution in [0.2, 0.25) is 0 Å². The molecule has 38 heavy (non-hydrogen) atoms. The van der Waals surface area contributed by atoms with Crippen molar-refractivity contribution in [3.8, 4) is 17.2 Å². The summed E-state index contributed by atoms with van der Waals surface area (Å²) in [6.45, 7) is 11.8. The summed E-state index contributed by atoms with van der Waals surface area (Å²) in [7, 11) is 0. The van der Waals surface area contributed by atoms with Crippen molar-refractivity contribution in [2.45, 2.75) is 65.3 Å². The summed E-state index contributed by atoms with van der Waals surface area (Å²) in [5.74, 6) is 2.24. The molecular formula is C31H36N4O3. The van der Waals surface area contributed by atoms with Crippen molar-refractivity contribution in [1.82, 2.24) is 19.4 Å². The summed E-state index contributed by atoms with van der Waals surface area (Å²) in [6.07, 6.45) is 2.32. The molecule has 0 saturated carbocycles. The molecule has 2 aliphatic rings. The van der Waals surface area contributed by atoms with Crippen LogP contribution < -0.4 is 4.74 Å². The molecule has 1 atom stereocenters. The first-order valence-corrected chi connectivity index (χ1v) is 13.7. The van der Waals surface area contributed by atoms with Gasteiger partial charge in [-0.1, -0.05) is 18.2 Å². The zero-order valence-corrected chi connectivity index (χ0v) is 22.7. The monoisotopic (exact) mass is 512 g/mol. The molecule has 0 bridgehead atoms. The van der Waals surface area contributed by atoms with E-state index in [9.17, 15) is 4.79 Å². The van der Waals surface area contributed by atoms with Gasteiger partial charge in [0.2, 0.25) is 5.89 Å². The van der Waals surface area contributed by atoms with Gasteiger partial charge in [0.25, 0.3) is 5.91 Å². The number of rotatable bonds is 6. The van der Waals surface area contributed by atoms with E-state index >= 15 is 0 Å². The molecule has 2 aliphatic heterocycles. The molecule has 7 heteroatoms. The number of aryl methyl sites for hydroxylation is 1. The Morgan fingerprint density at radius 1 is 1.08 bits per heavy atom. The zero-order valence-electron chi connectivity index (χ0n) is 22.7. The summed E-state index contributed by atoms with van der Waals surface area (Å²) >= 11 is 0. The number of oxazole rings is 1. The van der Waals surface area contributed by atoms with Gasteiger partial charge in [-0.15, -0.1) is 0 Å². The van der Waals surface area contributed by atoms with E-state index in [-0.39, 0.29) is 18.1 Å². The van der Waals surface area contributed by atoms with E-state index in [0.717, 1.165) is 59.6 Å². The summed E-state index contributed by atoms with van der Waals surface area (Å²) < 4.78 is 14.5. The minimum atomic E-state index is 0.0199. The summed E-state index contributed by atoms with van der Waals surface area (Å²) in [6, 6.07) is 18.9. The van der Waals surface area contributed by atoms with E-state index in [1.54, 1.807) is 0 Å². The number of amides is 1. The number of hydrogen-bond donors (Lipinski definition) is 0. The molecule has 1 saturated heterocycles. The topological polar surface area (TPSA) is 63.7 Å². The van der Waals surface area contributed by atoms with Gasteiger partial charge in [0, 0.05) is 48.2 Å². The molecule has 0 unspecified atom stereocenters. The molecule has 1 fully saturated rings. The number of benzene rings is 2. The molecule has 198 valence electrons. The average Bonchev–Trinajstić information content (AvgIpc) is 3.48. The van der Waals surface area contributed by atoms with Crippen LogP contribution in [0.1, 0.15) is 61.6 Å². The summed E-state index contributed by atoms with van der Waals surface area (Å²) in [5.41, 5.74) is 3.52. The lowest BCUT2D eigenvalue weighted by Gasteiger charge is -2.34. The predicted octanol–water partition coefficient (Wildman–Crippen LogP) is 6.07. The van der Waals surface area contributed by atoms with Crippen molar-refractivity contribution in [3.63, 3.8) is 0 Å². The van der Waals surface area contributed by atoms with Crippen LogP contribution in [0.15, 0.2) is 59.0 Å². The number of hydrogen-bond acceptors (Lipinski definition) is 5. The van der Waals surface area contributed by atoms with Crippen LogP contribution >= 0.6 is 0 Å². The molecule has 7 nitrogen and oxygen atoms in total. The third kappa shape index (κ3) is 4.60. The van der Waals surface area contributed by atoms with Crippen LogP contribution in [-0.2, 0) is 6.54 Å². The lowest BCUT2D eigenvalue weighted by molar-refractivity contribution is 0.0662. The standard InChI is InChI=1S/C31H36N4O3/c1-20(2)33-14-12-25(13-15-33)38-26-10-11-28-24(16-26)17-29-31(36)34(18-21(3)35(28)29)19-27-22(4)37-30(32-27)23-8-6-5-7-9-23/h5-11,16-17,20-21,25H,12-15,18-19H2,1-4H3/t21-/m1/s1. The van der Waals surface area contributed by atoms with Gasteiger partial charge in [-0.3, -0.25) is 4.79 Å². The van der Waals surface area contributed by atoms with E-state index < -0.39 is 0 Å². The largest absolute Gasteiger partial charge is 0.490 e. The molecule has 4 aromatic rings. The highest BCUT2D eigenvalue weighted by Crippen LogP contribution is 2.33. The van der Waals surface area contributed by atoms with E-state index in [1.807, 2.05) is 48.2 Å². The fraction of sp³-hybridized carbons (Fsp3) is 0.419. The van der Waals surface area contributed by atoms with Crippen LogP contribution in [0.4, 0.5) is 0 Å². The van der Waals surface area contributed by atoms with Gasteiger partial charge in [-0.25, -0.2) is 4.98 Å². The number of ether oxygens (including phenoxy) is 1. The zero-order chi connectivity index (χ0) is 26.4. The number of piperidine rings is 1. The van der Waals surface area contributed by atoms with E-state index in [4.69, 9.17) is 14.1 Å². The van der Waals surface area contributed by atoms with Crippen LogP contribution in [-0.4, -0.2) is 57.0 Å². The minimum Gasteiger partial charge on any atom is -0.490 e. The minimum absolute atomic E-state index is 0.0199. The Balaban J connectivity index is 1.20. The lowest BCUT2D eigenvalue weighted by atomic mass is 10.1.